The number of hydrogen-bond donors (Lipinski definition) is 0. The summed E-state index contributed by atoms with van der Waals surface area (Å²) < 4.78 is 1.20. The summed E-state index contributed by atoms with van der Waals surface area (Å²) in [6.07, 6.45) is 0. The molecule has 0 bridgehead atoms. The molecular formula is C47H32N2S. The lowest BCUT2D eigenvalue weighted by Crippen LogP contribution is -2.09. The van der Waals surface area contributed by atoms with Crippen LogP contribution in [0, 0.1) is 0 Å². The van der Waals surface area contributed by atoms with Crippen molar-refractivity contribution in [3.63, 3.8) is 0 Å². The van der Waals surface area contributed by atoms with Gasteiger partial charge in [-0.1, -0.05) is 152 Å². The smallest absolute Gasteiger partial charge is 0.124 e. The quantitative estimate of drug-likeness (QED) is 0.170. The Morgan fingerprint density at radius 1 is 0.360 bits per heavy atom. The Hall–Kier alpha value is -6.29. The molecule has 0 saturated heterocycles. The Morgan fingerprint density at radius 2 is 0.760 bits per heavy atom. The number of benzene rings is 8. The minimum atomic E-state index is 1.02. The molecule has 9 aromatic rings. The summed E-state index contributed by atoms with van der Waals surface area (Å²) >= 11 is 1.76. The molecule has 0 spiro atoms. The third-order valence-electron chi connectivity index (χ3n) is 9.32. The fourth-order valence-electron chi connectivity index (χ4n) is 6.71. The van der Waals surface area contributed by atoms with Crippen LogP contribution in [0.1, 0.15) is 0 Å². The Bertz CT molecular complexity index is 2460. The van der Waals surface area contributed by atoms with E-state index in [9.17, 15) is 0 Å². The molecule has 0 radical (unpaired) electrons. The number of rotatable bonds is 7. The first-order chi connectivity index (χ1) is 24.8. The van der Waals surface area contributed by atoms with Crippen LogP contribution >= 0.6 is 11.3 Å². The third kappa shape index (κ3) is 5.74. The summed E-state index contributed by atoms with van der Waals surface area (Å²) in [4.78, 5) is 7.46. The highest BCUT2D eigenvalue weighted by molar-refractivity contribution is 7.22. The predicted molar refractivity (Wildman–Crippen MR) is 214 cm³/mol. The van der Waals surface area contributed by atoms with Crippen LogP contribution in [-0.4, -0.2) is 4.98 Å². The van der Waals surface area contributed by atoms with E-state index in [-0.39, 0.29) is 0 Å². The molecule has 0 amide bonds. The van der Waals surface area contributed by atoms with Crippen molar-refractivity contribution < 1.29 is 0 Å². The summed E-state index contributed by atoms with van der Waals surface area (Å²) in [5, 5.41) is 3.44. The molecule has 3 heteroatoms. The maximum absolute atomic E-state index is 5.11. The highest BCUT2D eigenvalue weighted by Gasteiger charge is 2.16. The van der Waals surface area contributed by atoms with Crippen molar-refractivity contribution in [3.05, 3.63) is 194 Å². The van der Waals surface area contributed by atoms with Gasteiger partial charge in [-0.2, -0.15) is 0 Å². The van der Waals surface area contributed by atoms with Gasteiger partial charge in [0, 0.05) is 28.0 Å². The molecule has 2 nitrogen and oxygen atoms in total. The second-order valence-electron chi connectivity index (χ2n) is 12.4. The van der Waals surface area contributed by atoms with Crippen LogP contribution in [0.5, 0.6) is 0 Å². The molecule has 1 aromatic heterocycles. The van der Waals surface area contributed by atoms with Gasteiger partial charge in [0.15, 0.2) is 0 Å². The molecule has 0 unspecified atom stereocenters. The molecule has 0 atom stereocenters. The maximum atomic E-state index is 5.11. The van der Waals surface area contributed by atoms with E-state index < -0.39 is 0 Å². The van der Waals surface area contributed by atoms with Gasteiger partial charge in [-0.25, -0.2) is 4.98 Å². The van der Waals surface area contributed by atoms with Crippen LogP contribution in [0.15, 0.2) is 194 Å². The zero-order valence-corrected chi connectivity index (χ0v) is 28.1. The zero-order valence-electron chi connectivity index (χ0n) is 27.3. The number of aromatic nitrogens is 1. The summed E-state index contributed by atoms with van der Waals surface area (Å²) in [6, 6.07) is 69.3. The van der Waals surface area contributed by atoms with E-state index in [1.165, 1.54) is 48.9 Å². The zero-order chi connectivity index (χ0) is 33.3. The van der Waals surface area contributed by atoms with Crippen LogP contribution < -0.4 is 4.90 Å². The van der Waals surface area contributed by atoms with Crippen LogP contribution in [0.2, 0.25) is 0 Å². The molecule has 8 aromatic carbocycles. The van der Waals surface area contributed by atoms with Crippen molar-refractivity contribution in [2.45, 2.75) is 0 Å². The second kappa shape index (κ2) is 13.0. The molecule has 0 saturated carbocycles. The summed E-state index contributed by atoms with van der Waals surface area (Å²) in [5.41, 5.74) is 12.7. The van der Waals surface area contributed by atoms with Crippen LogP contribution in [0.25, 0.3) is 64.9 Å². The number of thiazole rings is 1. The van der Waals surface area contributed by atoms with E-state index >= 15 is 0 Å². The van der Waals surface area contributed by atoms with E-state index in [1.54, 1.807) is 11.3 Å². The van der Waals surface area contributed by atoms with Gasteiger partial charge in [-0.3, -0.25) is 0 Å². The van der Waals surface area contributed by atoms with E-state index in [4.69, 9.17) is 4.98 Å². The molecule has 0 aliphatic rings. The second-order valence-corrected chi connectivity index (χ2v) is 13.4. The van der Waals surface area contributed by atoms with Gasteiger partial charge < -0.3 is 4.90 Å². The molecule has 0 fully saturated rings. The van der Waals surface area contributed by atoms with Gasteiger partial charge in [0.2, 0.25) is 0 Å². The first-order valence-electron chi connectivity index (χ1n) is 16.9. The van der Waals surface area contributed by atoms with Crippen molar-refractivity contribution in [2.24, 2.45) is 0 Å². The highest BCUT2D eigenvalue weighted by Crippen LogP contribution is 2.41. The molecular weight excluding hydrogens is 625 g/mol. The van der Waals surface area contributed by atoms with Crippen molar-refractivity contribution in [2.75, 3.05) is 4.90 Å². The van der Waals surface area contributed by atoms with Gasteiger partial charge in [0.1, 0.15) is 5.01 Å². The highest BCUT2D eigenvalue weighted by atomic mass is 32.1. The Labute approximate surface area is 296 Å². The van der Waals surface area contributed by atoms with Gasteiger partial charge >= 0.3 is 0 Å². The number of nitrogens with zero attached hydrogens (tertiary/aromatic N) is 2. The normalized spacial score (nSPS) is 11.2. The van der Waals surface area contributed by atoms with E-state index in [0.29, 0.717) is 0 Å². The van der Waals surface area contributed by atoms with Crippen LogP contribution in [0.3, 0.4) is 0 Å². The summed E-state index contributed by atoms with van der Waals surface area (Å²) in [7, 11) is 0. The molecule has 50 heavy (non-hydrogen) atoms. The standard InChI is InChI=1S/C47H32N2S/c1-4-10-33(11-5-1)36-16-18-40(19-17-36)47-48-45-31-25-39-24-30-43(32-44(39)46(45)50-47)49(41-26-20-37(21-27-41)34-12-6-2-7-13-34)42-28-22-38(23-29-42)35-14-8-3-9-15-35/h1-32H. The van der Waals surface area contributed by atoms with Crippen LogP contribution in [0.4, 0.5) is 17.1 Å². The molecule has 9 rings (SSSR count). The molecule has 0 aliphatic carbocycles. The Balaban J connectivity index is 1.13. The lowest BCUT2D eigenvalue weighted by Gasteiger charge is -2.26. The largest absolute Gasteiger partial charge is 0.310 e. The van der Waals surface area contributed by atoms with Gasteiger partial charge in [-0.15, -0.1) is 11.3 Å². The van der Waals surface area contributed by atoms with E-state index in [1.807, 2.05) is 0 Å². The van der Waals surface area contributed by atoms with Crippen LogP contribution in [-0.2, 0) is 0 Å². The fraction of sp³-hybridized carbons (Fsp3) is 0. The first kappa shape index (κ1) is 29.8. The SMILES string of the molecule is c1ccc(-c2ccc(-c3nc4ccc5ccc(N(c6ccc(-c7ccccc7)cc6)c6ccc(-c7ccccc7)cc6)cc5c4s3)cc2)cc1. The van der Waals surface area contributed by atoms with E-state index in [0.717, 1.165) is 33.1 Å². The summed E-state index contributed by atoms with van der Waals surface area (Å²) in [6.45, 7) is 0. The Kier molecular flexibility index (Phi) is 7.73. The number of fused-ring (bicyclic) bond motifs is 3. The van der Waals surface area contributed by atoms with Gasteiger partial charge in [-0.05, 0) is 81.2 Å². The van der Waals surface area contributed by atoms with Gasteiger partial charge in [0.25, 0.3) is 0 Å². The van der Waals surface area contributed by atoms with Crippen molar-refractivity contribution >= 4 is 49.4 Å². The fourth-order valence-corrected chi connectivity index (χ4v) is 7.80. The molecule has 0 N–H and O–H groups in total. The minimum absolute atomic E-state index is 1.02. The molecule has 1 heterocycles. The topological polar surface area (TPSA) is 16.1 Å². The van der Waals surface area contributed by atoms with Crippen molar-refractivity contribution in [1.29, 1.82) is 0 Å². The van der Waals surface area contributed by atoms with E-state index in [2.05, 4.69) is 199 Å². The first-order valence-corrected chi connectivity index (χ1v) is 17.7. The van der Waals surface area contributed by atoms with Crippen molar-refractivity contribution in [1.82, 2.24) is 4.98 Å². The van der Waals surface area contributed by atoms with Crippen molar-refractivity contribution in [3.8, 4) is 44.0 Å². The number of hydrogen-bond acceptors (Lipinski definition) is 3. The minimum Gasteiger partial charge on any atom is -0.310 e. The molecule has 0 aliphatic heterocycles. The third-order valence-corrected chi connectivity index (χ3v) is 10.5. The van der Waals surface area contributed by atoms with Gasteiger partial charge in [0.05, 0.1) is 10.2 Å². The predicted octanol–water partition coefficient (Wildman–Crippen LogP) is 13.6. The Morgan fingerprint density at radius 3 is 1.26 bits per heavy atom. The average molecular weight is 657 g/mol. The lowest BCUT2D eigenvalue weighted by molar-refractivity contribution is 1.29. The summed E-state index contributed by atoms with van der Waals surface area (Å²) in [5.74, 6) is 0. The molecule has 236 valence electrons. The average Bonchev–Trinajstić information content (AvgIpc) is 3.65. The monoisotopic (exact) mass is 656 g/mol. The number of anilines is 3. The maximum Gasteiger partial charge on any atom is 0.124 e. The lowest BCUT2D eigenvalue weighted by atomic mass is 10.0.